The highest BCUT2D eigenvalue weighted by Crippen LogP contribution is 2.23. The second-order valence-corrected chi connectivity index (χ2v) is 8.88. The Kier molecular flexibility index (Phi) is 16.2. The van der Waals surface area contributed by atoms with Crippen molar-refractivity contribution in [2.45, 2.75) is 140 Å². The van der Waals surface area contributed by atoms with E-state index >= 15 is 0 Å². The minimum Gasteiger partial charge on any atom is -0.456 e. The highest BCUT2D eigenvalue weighted by atomic mass is 16.7. The number of aliphatic hydroxyl groups excluding tert-OH is 4. The second-order valence-electron chi connectivity index (χ2n) is 8.88. The molecule has 0 aromatic heterocycles. The van der Waals surface area contributed by atoms with Gasteiger partial charge in [0.1, 0.15) is 18.3 Å². The smallest absolute Gasteiger partial charge is 0.306 e. The van der Waals surface area contributed by atoms with Gasteiger partial charge in [-0.1, -0.05) is 96.8 Å². The van der Waals surface area contributed by atoms with Gasteiger partial charge >= 0.3 is 5.97 Å². The Morgan fingerprint density at radius 2 is 1.19 bits per heavy atom. The Balaban J connectivity index is 1.97. The van der Waals surface area contributed by atoms with E-state index in [1.54, 1.807) is 0 Å². The molecule has 0 radical (unpaired) electrons. The Hall–Kier alpha value is -0.730. The fourth-order valence-electron chi connectivity index (χ4n) is 4.06. The van der Waals surface area contributed by atoms with Gasteiger partial charge in [0.15, 0.2) is 12.4 Å². The Morgan fingerprint density at radius 1 is 0.742 bits per heavy atom. The Morgan fingerprint density at radius 3 is 1.65 bits per heavy atom. The summed E-state index contributed by atoms with van der Waals surface area (Å²) in [7, 11) is 0. The first-order chi connectivity index (χ1) is 15.0. The summed E-state index contributed by atoms with van der Waals surface area (Å²) in [5.41, 5.74) is 0. The van der Waals surface area contributed by atoms with Crippen LogP contribution in [0.5, 0.6) is 0 Å². The summed E-state index contributed by atoms with van der Waals surface area (Å²) < 4.78 is 10.0. The number of aliphatic hydroxyl groups is 4. The van der Waals surface area contributed by atoms with E-state index in [2.05, 4.69) is 6.92 Å². The van der Waals surface area contributed by atoms with Gasteiger partial charge in [0.25, 0.3) is 0 Å². The summed E-state index contributed by atoms with van der Waals surface area (Å²) in [6, 6.07) is 0. The predicted molar refractivity (Wildman–Crippen MR) is 119 cm³/mol. The lowest BCUT2D eigenvalue weighted by molar-refractivity contribution is -0.289. The Labute approximate surface area is 188 Å². The van der Waals surface area contributed by atoms with Crippen molar-refractivity contribution in [2.75, 3.05) is 6.61 Å². The molecule has 7 heteroatoms. The zero-order valence-electron chi connectivity index (χ0n) is 19.4. The van der Waals surface area contributed by atoms with E-state index in [4.69, 9.17) is 14.6 Å². The molecule has 1 rings (SSSR count). The van der Waals surface area contributed by atoms with Crippen LogP contribution in [0.4, 0.5) is 0 Å². The molecule has 0 aliphatic carbocycles. The number of hydrogen-bond acceptors (Lipinski definition) is 7. The van der Waals surface area contributed by atoms with Crippen LogP contribution in [-0.4, -0.2) is 63.7 Å². The number of rotatable bonds is 18. The molecule has 1 saturated heterocycles. The van der Waals surface area contributed by atoms with Gasteiger partial charge in [-0.25, -0.2) is 0 Å². The fourth-order valence-corrected chi connectivity index (χ4v) is 4.06. The van der Waals surface area contributed by atoms with Crippen molar-refractivity contribution in [3.63, 3.8) is 0 Å². The molecule has 5 atom stereocenters. The number of carbonyl (C=O) groups excluding carboxylic acids is 1. The minimum atomic E-state index is -1.61. The van der Waals surface area contributed by atoms with Crippen LogP contribution in [-0.2, 0) is 14.3 Å². The average Bonchev–Trinajstić information content (AvgIpc) is 2.76. The predicted octanol–water partition coefficient (Wildman–Crippen LogP) is 3.59. The lowest BCUT2D eigenvalue weighted by Gasteiger charge is -2.39. The summed E-state index contributed by atoms with van der Waals surface area (Å²) >= 11 is 0. The van der Waals surface area contributed by atoms with Crippen molar-refractivity contribution in [2.24, 2.45) is 0 Å². The number of ether oxygens (including phenoxy) is 2. The van der Waals surface area contributed by atoms with Crippen molar-refractivity contribution < 1.29 is 34.7 Å². The zero-order valence-corrected chi connectivity index (χ0v) is 19.4. The van der Waals surface area contributed by atoms with Gasteiger partial charge < -0.3 is 29.9 Å². The zero-order chi connectivity index (χ0) is 22.9. The molecule has 1 fully saturated rings. The Bertz CT molecular complexity index is 446. The molecule has 0 aromatic rings. The lowest BCUT2D eigenvalue weighted by Crippen LogP contribution is -2.59. The van der Waals surface area contributed by atoms with E-state index in [-0.39, 0.29) is 6.42 Å². The summed E-state index contributed by atoms with van der Waals surface area (Å²) in [5.74, 6) is -0.524. The molecule has 0 spiro atoms. The van der Waals surface area contributed by atoms with E-state index < -0.39 is 43.3 Å². The van der Waals surface area contributed by atoms with Gasteiger partial charge in [0.05, 0.1) is 6.61 Å². The first kappa shape index (κ1) is 28.3. The summed E-state index contributed by atoms with van der Waals surface area (Å²) in [6.07, 6.45) is 11.9. The fraction of sp³-hybridized carbons (Fsp3) is 0.958. The van der Waals surface area contributed by atoms with E-state index in [0.717, 1.165) is 12.8 Å². The maximum Gasteiger partial charge on any atom is 0.306 e. The topological polar surface area (TPSA) is 116 Å². The molecular weight excluding hydrogens is 400 g/mol. The first-order valence-corrected chi connectivity index (χ1v) is 12.5. The normalized spacial score (nSPS) is 26.2. The van der Waals surface area contributed by atoms with Crippen LogP contribution in [0, 0.1) is 0 Å². The third kappa shape index (κ3) is 12.2. The molecule has 0 bridgehead atoms. The lowest BCUT2D eigenvalue weighted by atomic mass is 9.99. The third-order valence-corrected chi connectivity index (χ3v) is 6.09. The number of esters is 1. The van der Waals surface area contributed by atoms with Gasteiger partial charge in [-0.15, -0.1) is 0 Å². The standard InChI is InChI=1S/C24H46O7/c1-2-3-4-5-6-7-8-9-10-11-12-13-14-15-16-17-20(26)31-23-21(27)19(18-25)30-24(29)22(23)28/h19,21-25,27-29H,2-18H2,1H3/t19-,21-,22-,23+,24-/m1/s1. The molecule has 0 amide bonds. The number of carbonyl (C=O) groups is 1. The second kappa shape index (κ2) is 17.8. The molecular formula is C24H46O7. The largest absolute Gasteiger partial charge is 0.456 e. The quantitative estimate of drug-likeness (QED) is 0.188. The molecule has 184 valence electrons. The van der Waals surface area contributed by atoms with Gasteiger partial charge in [-0.3, -0.25) is 4.79 Å². The molecule has 31 heavy (non-hydrogen) atoms. The van der Waals surface area contributed by atoms with E-state index in [1.165, 1.54) is 77.0 Å². The molecule has 0 saturated carbocycles. The van der Waals surface area contributed by atoms with E-state index in [1.807, 2.05) is 0 Å². The van der Waals surface area contributed by atoms with Crippen molar-refractivity contribution in [1.82, 2.24) is 0 Å². The van der Waals surface area contributed by atoms with Crippen LogP contribution in [0.2, 0.25) is 0 Å². The molecule has 1 aliphatic rings. The number of unbranched alkanes of at least 4 members (excludes halogenated alkanes) is 14. The monoisotopic (exact) mass is 446 g/mol. The van der Waals surface area contributed by atoms with Crippen LogP contribution < -0.4 is 0 Å². The molecule has 0 unspecified atom stereocenters. The SMILES string of the molecule is CCCCCCCCCCCCCCCCCC(=O)O[C@@H]1[C@@H](O)[C@H](O)O[C@H](CO)[C@H]1O. The molecule has 4 N–H and O–H groups in total. The minimum absolute atomic E-state index is 0.203. The molecule has 7 nitrogen and oxygen atoms in total. The highest BCUT2D eigenvalue weighted by molar-refractivity contribution is 5.69. The van der Waals surface area contributed by atoms with Crippen molar-refractivity contribution in [1.29, 1.82) is 0 Å². The number of hydrogen-bond donors (Lipinski definition) is 4. The highest BCUT2D eigenvalue weighted by Gasteiger charge is 2.45. The molecule has 1 heterocycles. The van der Waals surface area contributed by atoms with E-state index in [9.17, 15) is 20.1 Å². The molecule has 1 aliphatic heterocycles. The van der Waals surface area contributed by atoms with Crippen molar-refractivity contribution in [3.8, 4) is 0 Å². The summed E-state index contributed by atoms with van der Waals surface area (Å²) in [5, 5.41) is 38.7. The first-order valence-electron chi connectivity index (χ1n) is 12.5. The molecule has 0 aromatic carbocycles. The summed E-state index contributed by atoms with van der Waals surface area (Å²) in [4.78, 5) is 12.0. The maximum absolute atomic E-state index is 12.0. The van der Waals surface area contributed by atoms with Crippen molar-refractivity contribution >= 4 is 5.97 Å². The van der Waals surface area contributed by atoms with E-state index in [0.29, 0.717) is 6.42 Å². The van der Waals surface area contributed by atoms with Gasteiger partial charge in [-0.2, -0.15) is 0 Å². The van der Waals surface area contributed by atoms with Gasteiger partial charge in [0.2, 0.25) is 0 Å². The van der Waals surface area contributed by atoms with Crippen LogP contribution in [0.15, 0.2) is 0 Å². The van der Waals surface area contributed by atoms with Crippen LogP contribution in [0.3, 0.4) is 0 Å². The van der Waals surface area contributed by atoms with Crippen molar-refractivity contribution in [3.05, 3.63) is 0 Å². The van der Waals surface area contributed by atoms with Crippen LogP contribution >= 0.6 is 0 Å². The van der Waals surface area contributed by atoms with Gasteiger partial charge in [0, 0.05) is 6.42 Å². The summed E-state index contributed by atoms with van der Waals surface area (Å²) in [6.45, 7) is 1.71. The van der Waals surface area contributed by atoms with Crippen LogP contribution in [0.25, 0.3) is 0 Å². The average molecular weight is 447 g/mol. The third-order valence-electron chi connectivity index (χ3n) is 6.09. The van der Waals surface area contributed by atoms with Gasteiger partial charge in [-0.05, 0) is 6.42 Å². The maximum atomic E-state index is 12.0. The van der Waals surface area contributed by atoms with Crippen LogP contribution in [0.1, 0.15) is 110 Å².